The first kappa shape index (κ1) is 19.6. The van der Waals surface area contributed by atoms with E-state index in [0.717, 1.165) is 10.6 Å². The van der Waals surface area contributed by atoms with Crippen LogP contribution in [0.15, 0.2) is 96.1 Å². The Bertz CT molecular complexity index is 883. The Labute approximate surface area is 162 Å². The van der Waals surface area contributed by atoms with Crippen molar-refractivity contribution in [3.05, 3.63) is 96.6 Å². The highest BCUT2D eigenvalue weighted by atomic mass is 31.1. The summed E-state index contributed by atoms with van der Waals surface area (Å²) in [4.78, 5) is 12.1. The Morgan fingerprint density at radius 3 is 1.75 bits per heavy atom. The lowest BCUT2D eigenvalue weighted by molar-refractivity contribution is 0.0952. The van der Waals surface area contributed by atoms with E-state index >= 15 is 0 Å². The Hall–Kier alpha value is -3.11. The van der Waals surface area contributed by atoms with E-state index in [1.54, 1.807) is 30.3 Å². The van der Waals surface area contributed by atoms with Crippen LogP contribution in [-0.4, -0.2) is 18.2 Å². The van der Waals surface area contributed by atoms with Crippen LogP contribution in [0.1, 0.15) is 10.4 Å². The summed E-state index contributed by atoms with van der Waals surface area (Å²) in [6, 6.07) is 26.4. The lowest BCUT2D eigenvalue weighted by atomic mass is 10.2. The number of nitrogens with one attached hydrogen (secondary N) is 1. The van der Waals surface area contributed by atoms with Gasteiger partial charge in [-0.3, -0.25) is 4.79 Å². The molecule has 0 saturated heterocycles. The smallest absolute Gasteiger partial charge is 0.314 e. The summed E-state index contributed by atoms with van der Waals surface area (Å²) < 4.78 is 32.7. The van der Waals surface area contributed by atoms with Crippen molar-refractivity contribution < 1.29 is 18.1 Å². The molecule has 0 heterocycles. The number of nitrogens with zero attached hydrogens (tertiary/aromatic N) is 1. The maximum atomic E-state index is 13.5. The van der Waals surface area contributed by atoms with Crippen LogP contribution in [0.3, 0.4) is 0 Å². The van der Waals surface area contributed by atoms with E-state index in [9.17, 15) is 13.6 Å². The summed E-state index contributed by atoms with van der Waals surface area (Å²) in [6.45, 7) is 0. The molecule has 1 amide bonds. The summed E-state index contributed by atoms with van der Waals surface area (Å²) >= 11 is 0. The second kappa shape index (κ2) is 9.72. The molecule has 0 unspecified atom stereocenters. The van der Waals surface area contributed by atoms with Gasteiger partial charge in [0.15, 0.2) is 8.15 Å². The Balaban J connectivity index is 1.85. The van der Waals surface area contributed by atoms with Crippen molar-refractivity contribution in [2.24, 2.45) is 5.10 Å². The number of alkyl halides is 2. The van der Waals surface area contributed by atoms with Crippen molar-refractivity contribution >= 4 is 30.6 Å². The average molecular weight is 398 g/mol. The van der Waals surface area contributed by atoms with Gasteiger partial charge in [0, 0.05) is 16.2 Å². The van der Waals surface area contributed by atoms with Gasteiger partial charge in [-0.25, -0.2) is 5.43 Å². The fraction of sp³-hybridized carbons (Fsp3) is 0.0476. The maximum absolute atomic E-state index is 13.5. The zero-order valence-corrected chi connectivity index (χ0v) is 15.6. The van der Waals surface area contributed by atoms with Gasteiger partial charge in [-0.05, 0) is 12.1 Å². The Kier molecular flexibility index (Phi) is 6.82. The zero-order valence-electron chi connectivity index (χ0n) is 14.7. The highest BCUT2D eigenvalue weighted by Crippen LogP contribution is 2.36. The van der Waals surface area contributed by atoms with Crippen LogP contribution in [0.5, 0.6) is 0 Å². The van der Waals surface area contributed by atoms with Gasteiger partial charge in [-0.1, -0.05) is 78.9 Å². The number of hydrogen-bond donors (Lipinski definition) is 1. The number of carbonyl (C=O) groups excluding carboxylic acids is 1. The van der Waals surface area contributed by atoms with Gasteiger partial charge in [0.1, 0.15) is 0 Å². The second-order valence-corrected chi connectivity index (χ2v) is 7.42. The van der Waals surface area contributed by atoms with Gasteiger partial charge in [-0.15, -0.1) is 5.10 Å². The molecule has 0 aliphatic rings. The number of rotatable bonds is 6. The third kappa shape index (κ3) is 5.21. The van der Waals surface area contributed by atoms with Crippen molar-refractivity contribution in [2.75, 3.05) is 0 Å². The topological polar surface area (TPSA) is 50.7 Å². The van der Waals surface area contributed by atoms with E-state index in [1.165, 1.54) is 0 Å². The molecule has 0 radical (unpaired) electrons. The minimum atomic E-state index is -2.98. The first-order valence-electron chi connectivity index (χ1n) is 8.44. The molecule has 142 valence electrons. The molecular formula is C21H17F2N2O2P. The molecular weight excluding hydrogens is 381 g/mol. The zero-order chi connectivity index (χ0) is 19.8. The highest BCUT2D eigenvalue weighted by Gasteiger charge is 2.24. The van der Waals surface area contributed by atoms with Gasteiger partial charge >= 0.3 is 6.43 Å². The molecule has 0 aliphatic carbocycles. The molecule has 7 heteroatoms. The summed E-state index contributed by atoms with van der Waals surface area (Å²) in [5.74, 6) is -1.42. The summed E-state index contributed by atoms with van der Waals surface area (Å²) in [5.41, 5.74) is 2.46. The Morgan fingerprint density at radius 1 is 0.821 bits per heavy atom. The Morgan fingerprint density at radius 2 is 1.29 bits per heavy atom. The van der Waals surface area contributed by atoms with Crippen LogP contribution in [-0.2, 0) is 4.52 Å². The van der Waals surface area contributed by atoms with Crippen LogP contribution in [0.25, 0.3) is 0 Å². The quantitative estimate of drug-likeness (QED) is 0.295. The number of carbonyl (C=O) groups is 1. The van der Waals surface area contributed by atoms with E-state index in [4.69, 9.17) is 4.52 Å². The van der Waals surface area contributed by atoms with Crippen LogP contribution < -0.4 is 16.0 Å². The SMILES string of the molecule is O=C(NN=C(OP(c1ccccc1)c1ccccc1)C(F)F)c1ccccc1. The molecule has 1 N–H and O–H groups in total. The fourth-order valence-electron chi connectivity index (χ4n) is 2.34. The molecule has 3 rings (SSSR count). The minimum Gasteiger partial charge on any atom is -0.445 e. The van der Waals surface area contributed by atoms with Gasteiger partial charge in [0.05, 0.1) is 0 Å². The molecule has 0 spiro atoms. The molecule has 0 bridgehead atoms. The monoisotopic (exact) mass is 398 g/mol. The summed E-state index contributed by atoms with van der Waals surface area (Å²) in [6.07, 6.45) is -2.98. The minimum absolute atomic E-state index is 0.313. The average Bonchev–Trinajstić information content (AvgIpc) is 2.75. The lowest BCUT2D eigenvalue weighted by Gasteiger charge is -2.20. The first-order chi connectivity index (χ1) is 13.6. The van der Waals surface area contributed by atoms with Crippen molar-refractivity contribution in [3.8, 4) is 0 Å². The first-order valence-corrected chi connectivity index (χ1v) is 9.70. The van der Waals surface area contributed by atoms with Gasteiger partial charge in [0.2, 0.25) is 0 Å². The third-order valence-electron chi connectivity index (χ3n) is 3.66. The van der Waals surface area contributed by atoms with Crippen molar-refractivity contribution in [1.29, 1.82) is 0 Å². The van der Waals surface area contributed by atoms with E-state index in [1.807, 2.05) is 60.7 Å². The molecule has 0 aliphatic heterocycles. The van der Waals surface area contributed by atoms with Crippen molar-refractivity contribution in [3.63, 3.8) is 0 Å². The standard InChI is InChI=1S/C21H17F2N2O2P/c22-19(23)21(25-24-20(26)16-10-4-1-5-11-16)27-28(17-12-6-2-7-13-17)18-14-8-3-9-15-18/h1-15,19H,(H,24,26). The number of benzene rings is 3. The van der Waals surface area contributed by atoms with Crippen LogP contribution in [0, 0.1) is 0 Å². The lowest BCUT2D eigenvalue weighted by Crippen LogP contribution is -2.26. The van der Waals surface area contributed by atoms with Crippen LogP contribution in [0.4, 0.5) is 8.78 Å². The van der Waals surface area contributed by atoms with Crippen LogP contribution in [0.2, 0.25) is 0 Å². The van der Waals surface area contributed by atoms with E-state index < -0.39 is 26.4 Å². The van der Waals surface area contributed by atoms with Gasteiger partial charge < -0.3 is 4.52 Å². The third-order valence-corrected chi connectivity index (χ3v) is 5.56. The molecule has 3 aromatic rings. The van der Waals surface area contributed by atoms with E-state index in [-0.39, 0.29) is 0 Å². The normalized spacial score (nSPS) is 11.5. The number of halogens is 2. The maximum Gasteiger partial charge on any atom is 0.314 e. The predicted molar refractivity (Wildman–Crippen MR) is 108 cm³/mol. The molecule has 3 aromatic carbocycles. The second-order valence-electron chi connectivity index (χ2n) is 5.61. The molecule has 0 fully saturated rings. The molecule has 0 atom stereocenters. The largest absolute Gasteiger partial charge is 0.445 e. The predicted octanol–water partition coefficient (Wildman–Crippen LogP) is 4.06. The summed E-state index contributed by atoms with van der Waals surface area (Å²) in [7, 11) is -1.57. The highest BCUT2D eigenvalue weighted by molar-refractivity contribution is 7.69. The number of hydrazone groups is 1. The van der Waals surface area contributed by atoms with E-state index in [2.05, 4.69) is 10.5 Å². The van der Waals surface area contributed by atoms with Crippen molar-refractivity contribution in [2.45, 2.75) is 6.43 Å². The van der Waals surface area contributed by atoms with E-state index in [0.29, 0.717) is 5.56 Å². The summed E-state index contributed by atoms with van der Waals surface area (Å²) in [5, 5.41) is 5.06. The molecule has 0 aromatic heterocycles. The van der Waals surface area contributed by atoms with Crippen LogP contribution >= 0.6 is 8.15 Å². The number of hydrogen-bond acceptors (Lipinski definition) is 3. The molecule has 4 nitrogen and oxygen atoms in total. The van der Waals surface area contributed by atoms with Gasteiger partial charge in [-0.2, -0.15) is 8.78 Å². The molecule has 0 saturated carbocycles. The number of amides is 1. The van der Waals surface area contributed by atoms with Gasteiger partial charge in [0.25, 0.3) is 11.8 Å². The fourth-order valence-corrected chi connectivity index (χ4v) is 4.05. The molecule has 28 heavy (non-hydrogen) atoms. The van der Waals surface area contributed by atoms with Crippen molar-refractivity contribution in [1.82, 2.24) is 5.43 Å².